The van der Waals surface area contributed by atoms with Crippen molar-refractivity contribution >= 4 is 29.3 Å². The summed E-state index contributed by atoms with van der Waals surface area (Å²) in [6.07, 6.45) is 0.493. The van der Waals surface area contributed by atoms with E-state index in [9.17, 15) is 19.2 Å². The maximum atomic E-state index is 13.5. The fourth-order valence-corrected chi connectivity index (χ4v) is 4.72. The lowest BCUT2D eigenvalue weighted by Gasteiger charge is -2.29. The summed E-state index contributed by atoms with van der Waals surface area (Å²) < 4.78 is 15.4. The van der Waals surface area contributed by atoms with Crippen molar-refractivity contribution in [3.05, 3.63) is 53.6 Å². The summed E-state index contributed by atoms with van der Waals surface area (Å²) in [4.78, 5) is 51.4. The van der Waals surface area contributed by atoms with Crippen molar-refractivity contribution in [1.82, 2.24) is 15.5 Å². The average Bonchev–Trinajstić information content (AvgIpc) is 3.29. The van der Waals surface area contributed by atoms with Crippen LogP contribution >= 0.6 is 0 Å². The molecule has 1 fully saturated rings. The Labute approximate surface area is 232 Å². The van der Waals surface area contributed by atoms with Crippen molar-refractivity contribution in [2.75, 3.05) is 58.2 Å². The molecule has 214 valence electrons. The lowest BCUT2D eigenvalue weighted by atomic mass is 9.95. The van der Waals surface area contributed by atoms with Crippen LogP contribution in [0.3, 0.4) is 0 Å². The van der Waals surface area contributed by atoms with Crippen LogP contribution in [0, 0.1) is 0 Å². The summed E-state index contributed by atoms with van der Waals surface area (Å²) >= 11 is 0. The Bertz CT molecular complexity index is 1220. The highest BCUT2D eigenvalue weighted by atomic mass is 16.6. The second-order valence-corrected chi connectivity index (χ2v) is 9.25. The molecule has 4 rings (SSSR count). The SMILES string of the molecule is O=C(CNc1ccccc1-c1cccc2c1C(=O)N(C1CCC(=O)NC1=O)C2)NCCOCCOCCOCO. The highest BCUT2D eigenvalue weighted by Gasteiger charge is 2.40. The molecule has 4 N–H and O–H groups in total. The van der Waals surface area contributed by atoms with Crippen LogP contribution < -0.4 is 16.0 Å². The van der Waals surface area contributed by atoms with Gasteiger partial charge in [-0.1, -0.05) is 36.4 Å². The van der Waals surface area contributed by atoms with Crippen molar-refractivity contribution in [3.8, 4) is 11.1 Å². The van der Waals surface area contributed by atoms with Gasteiger partial charge in [-0.15, -0.1) is 0 Å². The molecule has 40 heavy (non-hydrogen) atoms. The van der Waals surface area contributed by atoms with Gasteiger partial charge in [0.2, 0.25) is 17.7 Å². The van der Waals surface area contributed by atoms with Crippen molar-refractivity contribution < 1.29 is 38.5 Å². The minimum absolute atomic E-state index is 0.0242. The van der Waals surface area contributed by atoms with E-state index in [1.165, 1.54) is 4.90 Å². The molecule has 0 saturated carbocycles. The monoisotopic (exact) mass is 554 g/mol. The molecule has 0 aromatic heterocycles. The number of para-hydroxylation sites is 1. The van der Waals surface area contributed by atoms with Crippen LogP contribution in [0.2, 0.25) is 0 Å². The van der Waals surface area contributed by atoms with Crippen molar-refractivity contribution in [2.45, 2.75) is 25.4 Å². The van der Waals surface area contributed by atoms with E-state index in [0.29, 0.717) is 69.4 Å². The van der Waals surface area contributed by atoms with Gasteiger partial charge in [-0.05, 0) is 23.6 Å². The number of carbonyl (C=O) groups is 4. The van der Waals surface area contributed by atoms with Gasteiger partial charge in [0.05, 0.1) is 45.1 Å². The molecule has 0 bridgehead atoms. The number of hydrogen-bond acceptors (Lipinski definition) is 9. The van der Waals surface area contributed by atoms with Gasteiger partial charge in [-0.2, -0.15) is 0 Å². The summed E-state index contributed by atoms with van der Waals surface area (Å²) in [5.41, 5.74) is 3.49. The zero-order chi connectivity index (χ0) is 28.3. The summed E-state index contributed by atoms with van der Waals surface area (Å²) in [5, 5.41) is 16.8. The standard InChI is InChI=1S/C28H34N4O8/c33-18-40-15-14-39-13-12-38-11-10-29-25(35)16-30-22-7-2-1-5-20(22)21-6-3-4-19-17-32(28(37)26(19)21)23-8-9-24(34)31-27(23)36/h1-7,23,30,33H,8-18H2,(H,29,35)(H,31,34,36). The number of aliphatic hydroxyl groups excluding tert-OH is 1. The number of ether oxygens (including phenoxy) is 3. The molecule has 0 aliphatic carbocycles. The third-order valence-electron chi connectivity index (χ3n) is 6.61. The molecule has 1 saturated heterocycles. The maximum absolute atomic E-state index is 13.5. The van der Waals surface area contributed by atoms with Gasteiger partial charge in [0, 0.05) is 30.8 Å². The fraction of sp³-hybridized carbons (Fsp3) is 0.429. The Morgan fingerprint density at radius 2 is 1.68 bits per heavy atom. The first-order chi connectivity index (χ1) is 19.5. The third-order valence-corrected chi connectivity index (χ3v) is 6.61. The quantitative estimate of drug-likeness (QED) is 0.141. The van der Waals surface area contributed by atoms with Crippen LogP contribution in [0.25, 0.3) is 11.1 Å². The predicted octanol–water partition coefficient (Wildman–Crippen LogP) is 0.642. The van der Waals surface area contributed by atoms with E-state index in [1.54, 1.807) is 0 Å². The Hall–Kier alpha value is -3.84. The van der Waals surface area contributed by atoms with E-state index in [0.717, 1.165) is 11.1 Å². The summed E-state index contributed by atoms with van der Waals surface area (Å²) in [6.45, 7) is 2.10. The zero-order valence-electron chi connectivity index (χ0n) is 22.1. The molecule has 0 radical (unpaired) electrons. The zero-order valence-corrected chi connectivity index (χ0v) is 22.1. The highest BCUT2D eigenvalue weighted by molar-refractivity contribution is 6.09. The Morgan fingerprint density at radius 3 is 2.45 bits per heavy atom. The van der Waals surface area contributed by atoms with Crippen LogP contribution in [0.15, 0.2) is 42.5 Å². The Balaban J connectivity index is 1.31. The third kappa shape index (κ3) is 7.42. The van der Waals surface area contributed by atoms with Crippen LogP contribution in [-0.4, -0.2) is 92.6 Å². The van der Waals surface area contributed by atoms with E-state index in [2.05, 4.69) is 16.0 Å². The highest BCUT2D eigenvalue weighted by Crippen LogP contribution is 2.37. The van der Waals surface area contributed by atoms with Gasteiger partial charge in [0.1, 0.15) is 12.8 Å². The van der Waals surface area contributed by atoms with E-state index < -0.39 is 11.9 Å². The minimum atomic E-state index is -0.689. The molecule has 2 heterocycles. The van der Waals surface area contributed by atoms with Gasteiger partial charge >= 0.3 is 0 Å². The maximum Gasteiger partial charge on any atom is 0.255 e. The van der Waals surface area contributed by atoms with Gasteiger partial charge in [-0.25, -0.2) is 0 Å². The number of anilines is 1. The molecule has 2 aromatic carbocycles. The van der Waals surface area contributed by atoms with Crippen LogP contribution in [0.5, 0.6) is 0 Å². The van der Waals surface area contributed by atoms with Gasteiger partial charge in [0.15, 0.2) is 0 Å². The number of rotatable bonds is 15. The number of carbonyl (C=O) groups excluding carboxylic acids is 4. The first-order valence-corrected chi connectivity index (χ1v) is 13.2. The number of nitrogens with zero attached hydrogens (tertiary/aromatic N) is 1. The average molecular weight is 555 g/mol. The molecule has 2 aliphatic heterocycles. The normalized spacial score (nSPS) is 16.6. The molecule has 2 aliphatic rings. The smallest absolute Gasteiger partial charge is 0.255 e. The number of nitrogens with one attached hydrogen (secondary N) is 3. The number of piperidine rings is 1. The minimum Gasteiger partial charge on any atom is -0.377 e. The van der Waals surface area contributed by atoms with Gasteiger partial charge < -0.3 is 34.9 Å². The molecular weight excluding hydrogens is 520 g/mol. The summed E-state index contributed by atoms with van der Waals surface area (Å²) in [7, 11) is 0. The molecule has 12 heteroatoms. The van der Waals surface area contributed by atoms with Gasteiger partial charge in [-0.3, -0.25) is 24.5 Å². The van der Waals surface area contributed by atoms with E-state index in [-0.39, 0.29) is 37.5 Å². The molecule has 4 amide bonds. The Kier molecular flexibility index (Phi) is 10.6. The number of amides is 4. The van der Waals surface area contributed by atoms with Crippen molar-refractivity contribution in [3.63, 3.8) is 0 Å². The molecule has 1 unspecified atom stereocenters. The number of fused-ring (bicyclic) bond motifs is 1. The summed E-state index contributed by atoms with van der Waals surface area (Å²) in [6, 6.07) is 12.3. The van der Waals surface area contributed by atoms with E-state index in [4.69, 9.17) is 19.3 Å². The van der Waals surface area contributed by atoms with Crippen LogP contribution in [-0.2, 0) is 35.1 Å². The second kappa shape index (κ2) is 14.5. The topological polar surface area (TPSA) is 156 Å². The van der Waals surface area contributed by atoms with Crippen LogP contribution in [0.4, 0.5) is 5.69 Å². The molecule has 1 atom stereocenters. The van der Waals surface area contributed by atoms with Crippen LogP contribution in [0.1, 0.15) is 28.8 Å². The van der Waals surface area contributed by atoms with Crippen molar-refractivity contribution in [2.24, 2.45) is 0 Å². The number of aliphatic hydroxyl groups is 1. The molecule has 12 nitrogen and oxygen atoms in total. The fourth-order valence-electron chi connectivity index (χ4n) is 4.72. The molecule has 0 spiro atoms. The number of hydrogen-bond donors (Lipinski definition) is 4. The first kappa shape index (κ1) is 29.2. The van der Waals surface area contributed by atoms with E-state index >= 15 is 0 Å². The van der Waals surface area contributed by atoms with Gasteiger partial charge in [0.25, 0.3) is 5.91 Å². The van der Waals surface area contributed by atoms with E-state index in [1.807, 2.05) is 42.5 Å². The number of benzene rings is 2. The lowest BCUT2D eigenvalue weighted by Crippen LogP contribution is -2.52. The molecular formula is C28H34N4O8. The second-order valence-electron chi connectivity index (χ2n) is 9.25. The van der Waals surface area contributed by atoms with Crippen molar-refractivity contribution in [1.29, 1.82) is 0 Å². The largest absolute Gasteiger partial charge is 0.377 e. The first-order valence-electron chi connectivity index (χ1n) is 13.2. The Morgan fingerprint density at radius 1 is 0.950 bits per heavy atom. The molecule has 2 aromatic rings. The number of imide groups is 1. The lowest BCUT2D eigenvalue weighted by molar-refractivity contribution is -0.137. The summed E-state index contributed by atoms with van der Waals surface area (Å²) in [5.74, 6) is -1.24. The predicted molar refractivity (Wildman–Crippen MR) is 144 cm³/mol.